The number of halogens is 1. The Labute approximate surface area is 141 Å². The summed E-state index contributed by atoms with van der Waals surface area (Å²) >= 11 is 1.22. The number of nitrogens with one attached hydrogen (secondary N) is 2. The number of nitrogens with zero attached hydrogens (tertiary/aromatic N) is 2. The zero-order chi connectivity index (χ0) is 16.3. The number of anilines is 1. The molecule has 0 fully saturated rings. The summed E-state index contributed by atoms with van der Waals surface area (Å²) in [7, 11) is 1.33. The van der Waals surface area contributed by atoms with Crippen molar-refractivity contribution in [3.63, 3.8) is 0 Å². The van der Waals surface area contributed by atoms with Gasteiger partial charge >= 0.3 is 5.69 Å². The number of carbonyl (C=O) groups excluding carboxylic acids is 1. The summed E-state index contributed by atoms with van der Waals surface area (Å²) in [5.41, 5.74) is 0.843. The van der Waals surface area contributed by atoms with Crippen molar-refractivity contribution in [1.82, 2.24) is 4.57 Å². The van der Waals surface area contributed by atoms with Crippen molar-refractivity contribution in [2.75, 3.05) is 12.4 Å². The molecule has 2 N–H and O–H groups in total. The van der Waals surface area contributed by atoms with E-state index in [0.717, 1.165) is 0 Å². The van der Waals surface area contributed by atoms with Crippen molar-refractivity contribution >= 4 is 28.6 Å². The Kier molecular flexibility index (Phi) is 6.28. The number of aryl methyl sites for hydroxylation is 1. The Hall–Kier alpha value is -2.39. The first-order chi connectivity index (χ1) is 10.4. The van der Waals surface area contributed by atoms with Gasteiger partial charge in [0.15, 0.2) is 10.6 Å². The third-order valence-corrected chi connectivity index (χ3v) is 3.71. The number of thiazole rings is 1. The molecular formula is C13H14ClN4O4S-. The van der Waals surface area contributed by atoms with Crippen LogP contribution in [0.1, 0.15) is 5.56 Å². The van der Waals surface area contributed by atoms with Crippen LogP contribution in [0, 0.1) is 22.4 Å². The predicted molar refractivity (Wildman–Crippen MR) is 81.2 cm³/mol. The third kappa shape index (κ3) is 4.30. The van der Waals surface area contributed by atoms with Crippen LogP contribution in [0.15, 0.2) is 23.7 Å². The normalized spacial score (nSPS) is 9.83. The highest BCUT2D eigenvalue weighted by molar-refractivity contribution is 7.06. The maximum Gasteiger partial charge on any atom is 0.311 e. The fraction of sp³-hybridized carbons (Fsp3) is 0.231. The molecule has 1 aromatic heterocycles. The van der Waals surface area contributed by atoms with Crippen LogP contribution < -0.4 is 27.3 Å². The van der Waals surface area contributed by atoms with Gasteiger partial charge in [0.25, 0.3) is 0 Å². The van der Waals surface area contributed by atoms with Gasteiger partial charge in [0.1, 0.15) is 6.54 Å². The number of hydrogen-bond acceptors (Lipinski definition) is 6. The fourth-order valence-corrected chi connectivity index (χ4v) is 2.48. The fourth-order valence-electron chi connectivity index (χ4n) is 1.89. The lowest BCUT2D eigenvalue weighted by atomic mass is 10.1. The minimum absolute atomic E-state index is 0. The minimum Gasteiger partial charge on any atom is -1.00 e. The van der Waals surface area contributed by atoms with Crippen LogP contribution in [-0.4, -0.2) is 22.5 Å². The molecule has 0 aliphatic rings. The highest BCUT2D eigenvalue weighted by Crippen LogP contribution is 2.32. The molecule has 10 heteroatoms. The van der Waals surface area contributed by atoms with Crippen LogP contribution in [0.5, 0.6) is 5.75 Å². The van der Waals surface area contributed by atoms with Crippen molar-refractivity contribution in [3.8, 4) is 5.75 Å². The monoisotopic (exact) mass is 357 g/mol. The molecule has 1 aromatic carbocycles. The molecule has 0 saturated carbocycles. The molecule has 1 amide bonds. The van der Waals surface area contributed by atoms with Gasteiger partial charge in [-0.2, -0.15) is 0 Å². The molecule has 2 rings (SSSR count). The van der Waals surface area contributed by atoms with Gasteiger partial charge in [0.05, 0.1) is 12.0 Å². The van der Waals surface area contributed by atoms with Crippen molar-refractivity contribution in [1.29, 1.82) is 5.41 Å². The van der Waals surface area contributed by atoms with Gasteiger partial charge in [-0.3, -0.25) is 20.3 Å². The van der Waals surface area contributed by atoms with Gasteiger partial charge in [-0.05, 0) is 12.5 Å². The van der Waals surface area contributed by atoms with E-state index in [9.17, 15) is 14.9 Å². The number of benzene rings is 1. The number of ether oxygens (including phenoxy) is 1. The zero-order valence-corrected chi connectivity index (χ0v) is 13.9. The van der Waals surface area contributed by atoms with Crippen molar-refractivity contribution in [3.05, 3.63) is 44.2 Å². The van der Waals surface area contributed by atoms with Crippen LogP contribution in [0.4, 0.5) is 11.4 Å². The molecule has 124 valence electrons. The van der Waals surface area contributed by atoms with Crippen LogP contribution in [0.25, 0.3) is 0 Å². The Morgan fingerprint density at radius 3 is 2.74 bits per heavy atom. The highest BCUT2D eigenvalue weighted by Gasteiger charge is 2.18. The molecule has 0 aliphatic carbocycles. The second-order valence-corrected chi connectivity index (χ2v) is 5.37. The van der Waals surface area contributed by atoms with E-state index in [0.29, 0.717) is 11.3 Å². The van der Waals surface area contributed by atoms with E-state index in [1.54, 1.807) is 18.5 Å². The smallest absolute Gasteiger partial charge is 0.311 e. The molecule has 0 saturated heterocycles. The van der Waals surface area contributed by atoms with Gasteiger partial charge < -0.3 is 27.0 Å². The molecule has 23 heavy (non-hydrogen) atoms. The van der Waals surface area contributed by atoms with E-state index in [1.165, 1.54) is 35.1 Å². The summed E-state index contributed by atoms with van der Waals surface area (Å²) in [6.07, 6.45) is 1.65. The summed E-state index contributed by atoms with van der Waals surface area (Å²) in [6.45, 7) is 1.66. The van der Waals surface area contributed by atoms with Gasteiger partial charge in [0.2, 0.25) is 5.91 Å². The molecular weight excluding hydrogens is 344 g/mol. The summed E-state index contributed by atoms with van der Waals surface area (Å²) in [5.74, 6) is -0.244. The van der Waals surface area contributed by atoms with Gasteiger partial charge in [-0.15, -0.1) is 11.3 Å². The Morgan fingerprint density at radius 1 is 1.52 bits per heavy atom. The van der Waals surface area contributed by atoms with E-state index in [1.807, 2.05) is 0 Å². The lowest BCUT2D eigenvalue weighted by molar-refractivity contribution is -0.385. The molecule has 0 radical (unpaired) electrons. The number of nitro groups is 1. The average Bonchev–Trinajstić information content (AvgIpc) is 2.85. The standard InChI is InChI=1S/C13H14N4O4S.ClH/c1-8-5-10(17(19)20)11(21-2)6-9(8)15-12(18)7-16-3-4-22-13(16)14;/h3-6,14H,7H2,1-2H3,(H,15,18);1H/p-1. The van der Waals surface area contributed by atoms with Gasteiger partial charge in [-0.1, -0.05) is 0 Å². The summed E-state index contributed by atoms with van der Waals surface area (Å²) in [4.78, 5) is 22.7. The second-order valence-electron chi connectivity index (χ2n) is 4.48. The largest absolute Gasteiger partial charge is 1.00 e. The Bertz CT molecular complexity index is 787. The Morgan fingerprint density at radius 2 is 2.22 bits per heavy atom. The number of rotatable bonds is 5. The van der Waals surface area contributed by atoms with E-state index in [2.05, 4.69) is 5.32 Å². The van der Waals surface area contributed by atoms with Gasteiger partial charge in [0, 0.05) is 29.4 Å². The summed E-state index contributed by atoms with van der Waals surface area (Å²) in [5, 5.41) is 22.9. The zero-order valence-electron chi connectivity index (χ0n) is 12.3. The van der Waals surface area contributed by atoms with E-state index in [4.69, 9.17) is 10.1 Å². The van der Waals surface area contributed by atoms with Crippen molar-refractivity contribution in [2.24, 2.45) is 0 Å². The van der Waals surface area contributed by atoms with Crippen LogP contribution >= 0.6 is 11.3 Å². The summed E-state index contributed by atoms with van der Waals surface area (Å²) in [6, 6.07) is 2.77. The first-order valence-corrected chi connectivity index (χ1v) is 7.11. The number of hydrogen-bond donors (Lipinski definition) is 2. The molecule has 2 aromatic rings. The molecule has 1 heterocycles. The number of methoxy groups -OCH3 is 1. The highest BCUT2D eigenvalue weighted by atomic mass is 35.5. The number of nitro benzene ring substituents is 1. The first-order valence-electron chi connectivity index (χ1n) is 6.23. The third-order valence-electron chi connectivity index (χ3n) is 2.99. The molecule has 8 nitrogen and oxygen atoms in total. The van der Waals surface area contributed by atoms with Crippen LogP contribution in [-0.2, 0) is 11.3 Å². The lowest BCUT2D eigenvalue weighted by Gasteiger charge is -2.11. The van der Waals surface area contributed by atoms with E-state index >= 15 is 0 Å². The topological polar surface area (TPSA) is 110 Å². The molecule has 0 atom stereocenters. The summed E-state index contributed by atoms with van der Waals surface area (Å²) < 4.78 is 6.48. The first kappa shape index (κ1) is 18.7. The van der Waals surface area contributed by atoms with Crippen LogP contribution in [0.2, 0.25) is 0 Å². The maximum atomic E-state index is 12.0. The SMILES string of the molecule is COc1cc(NC(=O)Cn2ccsc2=N)c(C)cc1[N+](=O)[O-].[Cl-]. The minimum atomic E-state index is -0.537. The average molecular weight is 358 g/mol. The maximum absolute atomic E-state index is 12.0. The quantitative estimate of drug-likeness (QED) is 0.522. The van der Waals surface area contributed by atoms with E-state index in [-0.39, 0.29) is 41.1 Å². The van der Waals surface area contributed by atoms with Gasteiger partial charge in [-0.25, -0.2) is 0 Å². The van der Waals surface area contributed by atoms with E-state index < -0.39 is 4.92 Å². The number of amides is 1. The predicted octanol–water partition coefficient (Wildman–Crippen LogP) is -1.10. The second kappa shape index (κ2) is 7.75. The van der Waals surface area contributed by atoms with Crippen LogP contribution in [0.3, 0.4) is 0 Å². The number of carbonyl (C=O) groups is 1. The molecule has 0 spiro atoms. The molecule has 0 unspecified atom stereocenters. The molecule has 0 bridgehead atoms. The lowest BCUT2D eigenvalue weighted by Crippen LogP contribution is -3.00. The molecule has 0 aliphatic heterocycles. The van der Waals surface area contributed by atoms with Crippen molar-refractivity contribution < 1.29 is 26.9 Å². The Balaban J connectivity index is 0.00000264. The number of aromatic nitrogens is 1. The van der Waals surface area contributed by atoms with Crippen molar-refractivity contribution in [2.45, 2.75) is 13.5 Å².